The molecule has 1 rings (SSSR count). The Hall–Kier alpha value is -0.0900. The van der Waals surface area contributed by atoms with Crippen LogP contribution in [0.4, 0.5) is 0 Å². The molecule has 0 saturated carbocycles. The molecule has 0 amide bonds. The summed E-state index contributed by atoms with van der Waals surface area (Å²) in [5, 5.41) is 0. The van der Waals surface area contributed by atoms with Crippen LogP contribution in [0.3, 0.4) is 0 Å². The number of hydrogen-bond acceptors (Lipinski definition) is 1. The van der Waals surface area contributed by atoms with Gasteiger partial charge in [-0.15, -0.1) is 0 Å². The molecule has 84 valence electrons. The zero-order valence-electron chi connectivity index (χ0n) is 8.80. The van der Waals surface area contributed by atoms with Crippen molar-refractivity contribution in [2.24, 2.45) is 0 Å². The Balaban J connectivity index is 2.64. The van der Waals surface area contributed by atoms with Crippen molar-refractivity contribution in [2.45, 2.75) is 39.2 Å². The Morgan fingerprint density at radius 3 is 2.67 bits per heavy atom. The normalized spacial score (nSPS) is 10.6. The summed E-state index contributed by atoms with van der Waals surface area (Å²) in [5.41, 5.74) is 0.0506. The Morgan fingerprint density at radius 1 is 1.27 bits per heavy atom. The highest BCUT2D eigenvalue weighted by Crippen LogP contribution is 2.13. The van der Waals surface area contributed by atoms with Crippen LogP contribution in [0.1, 0.15) is 32.6 Å². The molecule has 0 atom stereocenters. The third kappa shape index (κ3) is 4.11. The van der Waals surface area contributed by atoms with E-state index in [1.54, 1.807) is 10.6 Å². The molecule has 0 spiro atoms. The minimum absolute atomic E-state index is 0.0506. The molecule has 0 fully saturated rings. The van der Waals surface area contributed by atoms with Crippen LogP contribution >= 0.6 is 31.9 Å². The average molecular weight is 337 g/mol. The first-order valence-corrected chi connectivity index (χ1v) is 6.79. The number of aryl methyl sites for hydroxylation is 1. The summed E-state index contributed by atoms with van der Waals surface area (Å²) in [6.45, 7) is 2.98. The quantitative estimate of drug-likeness (QED) is 0.746. The minimum atomic E-state index is 0.0506. The second kappa shape index (κ2) is 6.48. The third-order valence-electron chi connectivity index (χ3n) is 2.26. The number of rotatable bonds is 5. The van der Waals surface area contributed by atoms with Gasteiger partial charge in [0.2, 0.25) is 0 Å². The number of halogens is 2. The Bertz CT molecular complexity index is 373. The Labute approximate surface area is 107 Å². The Kier molecular flexibility index (Phi) is 5.61. The van der Waals surface area contributed by atoms with E-state index in [9.17, 15) is 4.79 Å². The lowest BCUT2D eigenvalue weighted by atomic mass is 10.2. The maximum absolute atomic E-state index is 11.7. The molecule has 4 heteroatoms. The Morgan fingerprint density at radius 2 is 2.00 bits per heavy atom. The number of unbranched alkanes of at least 4 members (excludes halogenated alkanes) is 3. The molecular formula is C11H15Br2NO. The fourth-order valence-corrected chi connectivity index (χ4v) is 2.70. The SMILES string of the molecule is CCCCCCn1cc(Br)cc(Br)c1=O. The van der Waals surface area contributed by atoms with Gasteiger partial charge in [0.05, 0.1) is 4.47 Å². The maximum Gasteiger partial charge on any atom is 0.264 e. The van der Waals surface area contributed by atoms with E-state index < -0.39 is 0 Å². The minimum Gasteiger partial charge on any atom is -0.313 e. The number of hydrogen-bond donors (Lipinski definition) is 0. The van der Waals surface area contributed by atoms with Crippen LogP contribution in [0.25, 0.3) is 0 Å². The van der Waals surface area contributed by atoms with E-state index in [2.05, 4.69) is 38.8 Å². The van der Waals surface area contributed by atoms with Gasteiger partial charge in [0.15, 0.2) is 0 Å². The van der Waals surface area contributed by atoms with E-state index >= 15 is 0 Å². The van der Waals surface area contributed by atoms with Gasteiger partial charge in [0.25, 0.3) is 5.56 Å². The largest absolute Gasteiger partial charge is 0.313 e. The molecule has 0 aliphatic rings. The lowest BCUT2D eigenvalue weighted by Crippen LogP contribution is -2.20. The lowest BCUT2D eigenvalue weighted by molar-refractivity contribution is 0.568. The van der Waals surface area contributed by atoms with Crippen LogP contribution in [-0.4, -0.2) is 4.57 Å². The number of aromatic nitrogens is 1. The summed E-state index contributed by atoms with van der Waals surface area (Å²) in [4.78, 5) is 11.7. The molecule has 0 saturated heterocycles. The fraction of sp³-hybridized carbons (Fsp3) is 0.545. The molecular weight excluding hydrogens is 322 g/mol. The first kappa shape index (κ1) is 13.0. The highest BCUT2D eigenvalue weighted by molar-refractivity contribution is 9.11. The van der Waals surface area contributed by atoms with Crippen molar-refractivity contribution in [1.29, 1.82) is 0 Å². The second-order valence-electron chi connectivity index (χ2n) is 3.57. The van der Waals surface area contributed by atoms with Crippen molar-refractivity contribution in [1.82, 2.24) is 4.57 Å². The predicted octanol–water partition coefficient (Wildman–Crippen LogP) is 3.95. The van der Waals surface area contributed by atoms with Gasteiger partial charge in [-0.25, -0.2) is 0 Å². The van der Waals surface area contributed by atoms with E-state index in [-0.39, 0.29) is 5.56 Å². The zero-order chi connectivity index (χ0) is 11.3. The van der Waals surface area contributed by atoms with Crippen LogP contribution in [0, 0.1) is 0 Å². The van der Waals surface area contributed by atoms with Crippen LogP contribution in [0.15, 0.2) is 26.0 Å². The summed E-state index contributed by atoms with van der Waals surface area (Å²) >= 11 is 6.64. The van der Waals surface area contributed by atoms with Gasteiger partial charge >= 0.3 is 0 Å². The number of pyridine rings is 1. The molecule has 0 aliphatic carbocycles. The maximum atomic E-state index is 11.7. The monoisotopic (exact) mass is 335 g/mol. The first-order chi connectivity index (χ1) is 7.15. The van der Waals surface area contributed by atoms with E-state index in [1.807, 2.05) is 6.20 Å². The van der Waals surface area contributed by atoms with Crippen molar-refractivity contribution < 1.29 is 0 Å². The molecule has 15 heavy (non-hydrogen) atoms. The van der Waals surface area contributed by atoms with Gasteiger partial charge < -0.3 is 4.57 Å². The topological polar surface area (TPSA) is 22.0 Å². The van der Waals surface area contributed by atoms with Crippen LogP contribution in [0.2, 0.25) is 0 Å². The van der Waals surface area contributed by atoms with Gasteiger partial charge in [0, 0.05) is 17.2 Å². The summed E-state index contributed by atoms with van der Waals surface area (Å²) < 4.78 is 3.31. The van der Waals surface area contributed by atoms with E-state index in [0.29, 0.717) is 4.47 Å². The van der Waals surface area contributed by atoms with E-state index in [0.717, 1.165) is 17.4 Å². The van der Waals surface area contributed by atoms with Crippen molar-refractivity contribution in [3.63, 3.8) is 0 Å². The van der Waals surface area contributed by atoms with Gasteiger partial charge in [-0.3, -0.25) is 4.79 Å². The van der Waals surface area contributed by atoms with Crippen LogP contribution in [-0.2, 0) is 6.54 Å². The zero-order valence-corrected chi connectivity index (χ0v) is 12.0. The molecule has 0 bridgehead atoms. The van der Waals surface area contributed by atoms with Gasteiger partial charge in [0.1, 0.15) is 0 Å². The molecule has 0 radical (unpaired) electrons. The fourth-order valence-electron chi connectivity index (χ4n) is 1.44. The molecule has 0 N–H and O–H groups in total. The van der Waals surface area contributed by atoms with Gasteiger partial charge in [-0.2, -0.15) is 0 Å². The highest BCUT2D eigenvalue weighted by atomic mass is 79.9. The molecule has 1 heterocycles. The summed E-state index contributed by atoms with van der Waals surface area (Å²) in [5.74, 6) is 0. The second-order valence-corrected chi connectivity index (χ2v) is 5.34. The predicted molar refractivity (Wildman–Crippen MR) is 70.2 cm³/mol. The van der Waals surface area contributed by atoms with Crippen molar-refractivity contribution in [2.75, 3.05) is 0 Å². The highest BCUT2D eigenvalue weighted by Gasteiger charge is 2.02. The smallest absolute Gasteiger partial charge is 0.264 e. The van der Waals surface area contributed by atoms with Crippen molar-refractivity contribution in [3.8, 4) is 0 Å². The summed E-state index contributed by atoms with van der Waals surface area (Å²) in [6, 6.07) is 1.78. The van der Waals surface area contributed by atoms with Gasteiger partial charge in [-0.05, 0) is 44.3 Å². The van der Waals surface area contributed by atoms with Crippen molar-refractivity contribution in [3.05, 3.63) is 31.6 Å². The molecule has 0 unspecified atom stereocenters. The average Bonchev–Trinajstić information content (AvgIpc) is 2.19. The number of nitrogens with zero attached hydrogens (tertiary/aromatic N) is 1. The lowest BCUT2D eigenvalue weighted by Gasteiger charge is -2.06. The van der Waals surface area contributed by atoms with Crippen molar-refractivity contribution >= 4 is 31.9 Å². The summed E-state index contributed by atoms with van der Waals surface area (Å²) in [7, 11) is 0. The third-order valence-corrected chi connectivity index (χ3v) is 3.26. The molecule has 2 nitrogen and oxygen atoms in total. The van der Waals surface area contributed by atoms with Crippen LogP contribution < -0.4 is 5.56 Å². The van der Waals surface area contributed by atoms with Crippen LogP contribution in [0.5, 0.6) is 0 Å². The van der Waals surface area contributed by atoms with E-state index in [1.165, 1.54) is 19.3 Å². The molecule has 0 aliphatic heterocycles. The standard InChI is InChI=1S/C11H15Br2NO/c1-2-3-4-5-6-14-8-9(12)7-10(13)11(14)15/h7-8H,2-6H2,1H3. The molecule has 1 aromatic heterocycles. The molecule has 1 aromatic rings. The molecule has 0 aromatic carbocycles. The summed E-state index contributed by atoms with van der Waals surface area (Å²) in [6.07, 6.45) is 6.56. The first-order valence-electron chi connectivity index (χ1n) is 5.20. The van der Waals surface area contributed by atoms with E-state index in [4.69, 9.17) is 0 Å². The van der Waals surface area contributed by atoms with Gasteiger partial charge in [-0.1, -0.05) is 26.2 Å².